The van der Waals surface area contributed by atoms with E-state index in [2.05, 4.69) is 10.6 Å². The molecule has 1 fully saturated rings. The van der Waals surface area contributed by atoms with E-state index in [1.165, 1.54) is 19.3 Å². The quantitative estimate of drug-likeness (QED) is 0.636. The van der Waals surface area contributed by atoms with Crippen LogP contribution >= 0.6 is 0 Å². The van der Waals surface area contributed by atoms with E-state index in [-0.39, 0.29) is 11.8 Å². The standard InChI is InChI=1S/C17H30N2O4/c1-11(2)9-14(17(22)23)19-16(21)12(3)18-15(20)10-13-7-5-4-6-8-13/h11-14H,4-10H2,1-3H3,(H,18,20)(H,19,21)(H,22,23). The molecule has 23 heavy (non-hydrogen) atoms. The number of carboxylic acids is 1. The third-order valence-corrected chi connectivity index (χ3v) is 4.29. The molecule has 6 heteroatoms. The van der Waals surface area contributed by atoms with Crippen molar-refractivity contribution in [2.24, 2.45) is 11.8 Å². The summed E-state index contributed by atoms with van der Waals surface area (Å²) < 4.78 is 0. The van der Waals surface area contributed by atoms with Crippen molar-refractivity contribution in [1.29, 1.82) is 0 Å². The molecule has 0 aliphatic heterocycles. The van der Waals surface area contributed by atoms with E-state index < -0.39 is 24.0 Å². The van der Waals surface area contributed by atoms with Gasteiger partial charge in [0, 0.05) is 6.42 Å². The highest BCUT2D eigenvalue weighted by Crippen LogP contribution is 2.26. The minimum Gasteiger partial charge on any atom is -0.480 e. The van der Waals surface area contributed by atoms with E-state index >= 15 is 0 Å². The fourth-order valence-electron chi connectivity index (χ4n) is 3.01. The Morgan fingerprint density at radius 3 is 2.17 bits per heavy atom. The molecule has 1 aliphatic carbocycles. The lowest BCUT2D eigenvalue weighted by molar-refractivity contribution is -0.142. The average molecular weight is 326 g/mol. The van der Waals surface area contributed by atoms with Crippen molar-refractivity contribution in [2.75, 3.05) is 0 Å². The van der Waals surface area contributed by atoms with Crippen LogP contribution in [0.5, 0.6) is 0 Å². The van der Waals surface area contributed by atoms with Gasteiger partial charge < -0.3 is 15.7 Å². The van der Waals surface area contributed by atoms with Gasteiger partial charge in [0.25, 0.3) is 0 Å². The highest BCUT2D eigenvalue weighted by Gasteiger charge is 2.25. The number of nitrogens with one attached hydrogen (secondary N) is 2. The average Bonchev–Trinajstić information content (AvgIpc) is 2.46. The zero-order chi connectivity index (χ0) is 17.4. The Hall–Kier alpha value is -1.59. The maximum atomic E-state index is 12.1. The Morgan fingerprint density at radius 2 is 1.65 bits per heavy atom. The lowest BCUT2D eigenvalue weighted by Gasteiger charge is -2.23. The maximum Gasteiger partial charge on any atom is 0.326 e. The lowest BCUT2D eigenvalue weighted by atomic mass is 9.87. The first kappa shape index (κ1) is 19.5. The second-order valence-corrected chi connectivity index (χ2v) is 7.03. The molecule has 2 unspecified atom stereocenters. The van der Waals surface area contributed by atoms with E-state index in [0.717, 1.165) is 12.8 Å². The molecule has 0 radical (unpaired) electrons. The first-order valence-corrected chi connectivity index (χ1v) is 8.62. The largest absolute Gasteiger partial charge is 0.480 e. The van der Waals surface area contributed by atoms with Crippen molar-refractivity contribution in [3.63, 3.8) is 0 Å². The highest BCUT2D eigenvalue weighted by atomic mass is 16.4. The molecule has 0 aromatic heterocycles. The zero-order valence-electron chi connectivity index (χ0n) is 14.4. The van der Waals surface area contributed by atoms with Crippen LogP contribution in [0.3, 0.4) is 0 Å². The van der Waals surface area contributed by atoms with Crippen LogP contribution in [-0.4, -0.2) is 35.0 Å². The normalized spacial score (nSPS) is 18.3. The van der Waals surface area contributed by atoms with Crippen molar-refractivity contribution in [1.82, 2.24) is 10.6 Å². The van der Waals surface area contributed by atoms with Crippen molar-refractivity contribution in [2.45, 2.75) is 77.8 Å². The number of carbonyl (C=O) groups is 3. The summed E-state index contributed by atoms with van der Waals surface area (Å²) >= 11 is 0. The third kappa shape index (κ3) is 7.48. The molecule has 1 saturated carbocycles. The monoisotopic (exact) mass is 326 g/mol. The fourth-order valence-corrected chi connectivity index (χ4v) is 3.01. The number of carbonyl (C=O) groups excluding carboxylic acids is 2. The molecular weight excluding hydrogens is 296 g/mol. The van der Waals surface area contributed by atoms with E-state index in [9.17, 15) is 14.4 Å². The van der Waals surface area contributed by atoms with Gasteiger partial charge in [-0.2, -0.15) is 0 Å². The number of amides is 2. The Morgan fingerprint density at radius 1 is 1.04 bits per heavy atom. The van der Waals surface area contributed by atoms with Gasteiger partial charge in [0.15, 0.2) is 0 Å². The summed E-state index contributed by atoms with van der Waals surface area (Å²) in [6.07, 6.45) is 6.54. The molecule has 2 atom stereocenters. The Bertz CT molecular complexity index is 417. The van der Waals surface area contributed by atoms with Crippen LogP contribution in [-0.2, 0) is 14.4 Å². The first-order chi connectivity index (χ1) is 10.8. The van der Waals surface area contributed by atoms with E-state index in [0.29, 0.717) is 18.8 Å². The molecular formula is C17H30N2O4. The Labute approximate surface area is 138 Å². The lowest BCUT2D eigenvalue weighted by Crippen LogP contribution is -2.50. The van der Waals surface area contributed by atoms with Crippen LogP contribution in [0.1, 0.15) is 65.7 Å². The third-order valence-electron chi connectivity index (χ3n) is 4.29. The van der Waals surface area contributed by atoms with Crippen molar-refractivity contribution >= 4 is 17.8 Å². The first-order valence-electron chi connectivity index (χ1n) is 8.62. The highest BCUT2D eigenvalue weighted by molar-refractivity contribution is 5.90. The maximum absolute atomic E-state index is 12.1. The smallest absolute Gasteiger partial charge is 0.326 e. The number of hydrogen-bond donors (Lipinski definition) is 3. The fraction of sp³-hybridized carbons (Fsp3) is 0.824. The van der Waals surface area contributed by atoms with Crippen LogP contribution in [0, 0.1) is 11.8 Å². The Balaban J connectivity index is 2.42. The summed E-state index contributed by atoms with van der Waals surface area (Å²) in [5, 5.41) is 14.3. The molecule has 0 heterocycles. The van der Waals surface area contributed by atoms with Gasteiger partial charge in [-0.15, -0.1) is 0 Å². The van der Waals surface area contributed by atoms with Gasteiger partial charge >= 0.3 is 5.97 Å². The molecule has 0 bridgehead atoms. The predicted molar refractivity (Wildman–Crippen MR) is 87.8 cm³/mol. The van der Waals surface area contributed by atoms with Crippen molar-refractivity contribution in [3.05, 3.63) is 0 Å². The summed E-state index contributed by atoms with van der Waals surface area (Å²) in [6, 6.07) is -1.64. The second kappa shape index (κ2) is 9.53. The summed E-state index contributed by atoms with van der Waals surface area (Å²) in [5.41, 5.74) is 0. The zero-order valence-corrected chi connectivity index (χ0v) is 14.4. The molecule has 132 valence electrons. The molecule has 1 rings (SSSR count). The predicted octanol–water partition coefficient (Wildman–Crippen LogP) is 2.08. The van der Waals surface area contributed by atoms with Crippen LogP contribution in [0.15, 0.2) is 0 Å². The summed E-state index contributed by atoms with van der Waals surface area (Å²) in [6.45, 7) is 5.39. The topological polar surface area (TPSA) is 95.5 Å². The number of carboxylic acid groups (broad SMARTS) is 1. The second-order valence-electron chi connectivity index (χ2n) is 7.03. The van der Waals surface area contributed by atoms with Crippen LogP contribution in [0.4, 0.5) is 0 Å². The summed E-state index contributed by atoms with van der Waals surface area (Å²) in [7, 11) is 0. The number of rotatable bonds is 8. The minimum absolute atomic E-state index is 0.129. The van der Waals surface area contributed by atoms with Gasteiger partial charge in [0.2, 0.25) is 11.8 Å². The molecule has 3 N–H and O–H groups in total. The van der Waals surface area contributed by atoms with Gasteiger partial charge in [-0.1, -0.05) is 33.1 Å². The van der Waals surface area contributed by atoms with E-state index in [1.807, 2.05) is 13.8 Å². The molecule has 6 nitrogen and oxygen atoms in total. The summed E-state index contributed by atoms with van der Waals surface area (Å²) in [5.74, 6) is -1.06. The Kier molecular flexibility index (Phi) is 8.06. The van der Waals surface area contributed by atoms with Crippen molar-refractivity contribution in [3.8, 4) is 0 Å². The molecule has 0 spiro atoms. The van der Waals surface area contributed by atoms with Crippen LogP contribution < -0.4 is 10.6 Å². The van der Waals surface area contributed by atoms with Gasteiger partial charge in [-0.25, -0.2) is 4.79 Å². The minimum atomic E-state index is -1.05. The molecule has 1 aliphatic rings. The van der Waals surface area contributed by atoms with E-state index in [4.69, 9.17) is 5.11 Å². The van der Waals surface area contributed by atoms with E-state index in [1.54, 1.807) is 6.92 Å². The summed E-state index contributed by atoms with van der Waals surface area (Å²) in [4.78, 5) is 35.3. The van der Waals surface area contributed by atoms with Gasteiger partial charge in [0.1, 0.15) is 12.1 Å². The molecule has 2 amide bonds. The van der Waals surface area contributed by atoms with Crippen LogP contribution in [0.2, 0.25) is 0 Å². The van der Waals surface area contributed by atoms with Gasteiger partial charge in [0.05, 0.1) is 0 Å². The SMILES string of the molecule is CC(C)CC(NC(=O)C(C)NC(=O)CC1CCCCC1)C(=O)O. The number of hydrogen-bond acceptors (Lipinski definition) is 3. The van der Waals surface area contributed by atoms with Gasteiger partial charge in [-0.05, 0) is 38.0 Å². The molecule has 0 saturated heterocycles. The number of aliphatic carboxylic acids is 1. The van der Waals surface area contributed by atoms with Crippen LogP contribution in [0.25, 0.3) is 0 Å². The molecule has 0 aromatic carbocycles. The van der Waals surface area contributed by atoms with Gasteiger partial charge in [-0.3, -0.25) is 9.59 Å². The van der Waals surface area contributed by atoms with Crippen molar-refractivity contribution < 1.29 is 19.5 Å². The molecule has 0 aromatic rings.